The van der Waals surface area contributed by atoms with Crippen molar-refractivity contribution in [2.75, 3.05) is 6.61 Å². The van der Waals surface area contributed by atoms with Crippen LogP contribution in [0.4, 0.5) is 0 Å². The minimum atomic E-state index is -0.694. The maximum Gasteiger partial charge on any atom is 0.355 e. The molecule has 0 saturated carbocycles. The Labute approximate surface area is 151 Å². The minimum Gasteiger partial charge on any atom is -0.451 e. The highest BCUT2D eigenvalue weighted by Crippen LogP contribution is 2.24. The van der Waals surface area contributed by atoms with E-state index in [2.05, 4.69) is 10.3 Å². The minimum absolute atomic E-state index is 0.249. The number of H-pyrrole nitrogens is 1. The van der Waals surface area contributed by atoms with Gasteiger partial charge in [0.2, 0.25) is 0 Å². The van der Waals surface area contributed by atoms with Gasteiger partial charge in [0.25, 0.3) is 5.91 Å². The number of benzene rings is 1. The van der Waals surface area contributed by atoms with E-state index in [4.69, 9.17) is 16.3 Å². The lowest BCUT2D eigenvalue weighted by atomic mass is 10.1. The van der Waals surface area contributed by atoms with Crippen LogP contribution < -0.4 is 5.32 Å². The predicted octanol–water partition coefficient (Wildman–Crippen LogP) is 2.81. The first kappa shape index (κ1) is 19.0. The Kier molecular flexibility index (Phi) is 6.22. The van der Waals surface area contributed by atoms with Crippen LogP contribution in [-0.4, -0.2) is 28.6 Å². The quantitative estimate of drug-likeness (QED) is 0.687. The van der Waals surface area contributed by atoms with Gasteiger partial charge >= 0.3 is 5.97 Å². The zero-order chi connectivity index (χ0) is 18.6. The summed E-state index contributed by atoms with van der Waals surface area (Å²) in [4.78, 5) is 26.9. The van der Waals surface area contributed by atoms with Gasteiger partial charge < -0.3 is 20.1 Å². The molecule has 0 aliphatic carbocycles. The van der Waals surface area contributed by atoms with Crippen LogP contribution in [0.1, 0.15) is 45.9 Å². The first-order valence-electron chi connectivity index (χ1n) is 7.85. The molecule has 1 heterocycles. The van der Waals surface area contributed by atoms with Crippen molar-refractivity contribution in [2.24, 2.45) is 0 Å². The monoisotopic (exact) mass is 364 g/mol. The summed E-state index contributed by atoms with van der Waals surface area (Å²) in [5.41, 5.74) is 3.13. The summed E-state index contributed by atoms with van der Waals surface area (Å²) in [6.07, 6.45) is -0.694. The van der Waals surface area contributed by atoms with Gasteiger partial charge in [0.15, 0.2) is 6.61 Å². The summed E-state index contributed by atoms with van der Waals surface area (Å²) in [5, 5.41) is 13.0. The van der Waals surface area contributed by atoms with Crippen LogP contribution in [0.5, 0.6) is 0 Å². The van der Waals surface area contributed by atoms with Crippen molar-refractivity contribution in [2.45, 2.75) is 33.4 Å². The number of halogens is 1. The molecule has 6 nitrogen and oxygen atoms in total. The number of aliphatic hydroxyl groups excluding tert-OH is 1. The molecule has 0 aliphatic heterocycles. The molecule has 0 saturated heterocycles. The van der Waals surface area contributed by atoms with E-state index in [-0.39, 0.29) is 12.3 Å². The number of aryl methyl sites for hydroxylation is 1. The highest BCUT2D eigenvalue weighted by Gasteiger charge is 2.21. The van der Waals surface area contributed by atoms with Gasteiger partial charge in [-0.3, -0.25) is 4.79 Å². The summed E-state index contributed by atoms with van der Waals surface area (Å²) < 4.78 is 5.04. The number of ether oxygens (including phenoxy) is 1. The standard InChI is InChI=1S/C18H21ClN2O4/c1-10-16(12(3)22)11(2)21-17(10)18(24)25-9-15(23)20-8-13-4-6-14(19)7-5-13/h4-7,12,21-22H,8-9H2,1-3H3,(H,20,23)/t12-/m0/s1. The highest BCUT2D eigenvalue weighted by molar-refractivity contribution is 6.30. The van der Waals surface area contributed by atoms with Crippen molar-refractivity contribution in [3.05, 3.63) is 57.4 Å². The number of esters is 1. The van der Waals surface area contributed by atoms with Crippen molar-refractivity contribution in [1.82, 2.24) is 10.3 Å². The normalized spacial score (nSPS) is 11.9. The van der Waals surface area contributed by atoms with Crippen molar-refractivity contribution >= 4 is 23.5 Å². The van der Waals surface area contributed by atoms with E-state index < -0.39 is 18.0 Å². The number of carbonyl (C=O) groups excluding carboxylic acids is 2. The first-order chi connectivity index (χ1) is 11.8. The molecule has 0 spiro atoms. The van der Waals surface area contributed by atoms with Gasteiger partial charge in [0, 0.05) is 22.8 Å². The van der Waals surface area contributed by atoms with Crippen molar-refractivity contribution in [3.63, 3.8) is 0 Å². The Balaban J connectivity index is 1.88. The molecule has 1 aromatic carbocycles. The number of aliphatic hydroxyl groups is 1. The van der Waals surface area contributed by atoms with Crippen LogP contribution in [0.15, 0.2) is 24.3 Å². The number of carbonyl (C=O) groups is 2. The van der Waals surface area contributed by atoms with Gasteiger partial charge in [-0.25, -0.2) is 4.79 Å². The lowest BCUT2D eigenvalue weighted by molar-refractivity contribution is -0.124. The fraction of sp³-hybridized carbons (Fsp3) is 0.333. The van der Waals surface area contributed by atoms with Gasteiger partial charge in [0.1, 0.15) is 5.69 Å². The van der Waals surface area contributed by atoms with E-state index in [1.807, 2.05) is 0 Å². The molecular formula is C18H21ClN2O4. The number of aromatic nitrogens is 1. The Morgan fingerprint density at radius 3 is 2.48 bits per heavy atom. The topological polar surface area (TPSA) is 91.4 Å². The van der Waals surface area contributed by atoms with Gasteiger partial charge in [0.05, 0.1) is 6.10 Å². The molecule has 0 aliphatic rings. The smallest absolute Gasteiger partial charge is 0.355 e. The van der Waals surface area contributed by atoms with E-state index in [0.29, 0.717) is 28.4 Å². The van der Waals surface area contributed by atoms with Gasteiger partial charge in [-0.05, 0) is 44.0 Å². The summed E-state index contributed by atoms with van der Waals surface area (Å²) in [5.74, 6) is -1.03. The molecule has 25 heavy (non-hydrogen) atoms. The third-order valence-electron chi connectivity index (χ3n) is 3.85. The Bertz CT molecular complexity index is 766. The van der Waals surface area contributed by atoms with Crippen LogP contribution in [0.25, 0.3) is 0 Å². The van der Waals surface area contributed by atoms with Crippen molar-refractivity contribution in [3.8, 4) is 0 Å². The Morgan fingerprint density at radius 1 is 1.28 bits per heavy atom. The van der Waals surface area contributed by atoms with E-state index in [9.17, 15) is 14.7 Å². The second kappa shape index (κ2) is 8.18. The van der Waals surface area contributed by atoms with E-state index in [1.165, 1.54) is 0 Å². The van der Waals surface area contributed by atoms with Crippen LogP contribution >= 0.6 is 11.6 Å². The molecular weight excluding hydrogens is 344 g/mol. The maximum atomic E-state index is 12.1. The van der Waals surface area contributed by atoms with Gasteiger partial charge in [-0.1, -0.05) is 23.7 Å². The highest BCUT2D eigenvalue weighted by atomic mass is 35.5. The Morgan fingerprint density at radius 2 is 1.92 bits per heavy atom. The summed E-state index contributed by atoms with van der Waals surface area (Å²) in [6, 6.07) is 7.08. The Hall–Kier alpha value is -2.31. The lowest BCUT2D eigenvalue weighted by Crippen LogP contribution is -2.28. The van der Waals surface area contributed by atoms with E-state index in [0.717, 1.165) is 5.56 Å². The average Bonchev–Trinajstić information content (AvgIpc) is 2.86. The summed E-state index contributed by atoms with van der Waals surface area (Å²) in [7, 11) is 0. The molecule has 1 amide bonds. The van der Waals surface area contributed by atoms with E-state index >= 15 is 0 Å². The molecule has 1 aromatic heterocycles. The number of amides is 1. The number of rotatable bonds is 6. The fourth-order valence-electron chi connectivity index (χ4n) is 2.65. The third kappa shape index (κ3) is 4.84. The zero-order valence-corrected chi connectivity index (χ0v) is 15.1. The van der Waals surface area contributed by atoms with Crippen molar-refractivity contribution in [1.29, 1.82) is 0 Å². The fourth-order valence-corrected chi connectivity index (χ4v) is 2.78. The second-order valence-corrected chi connectivity index (χ2v) is 6.26. The maximum absolute atomic E-state index is 12.1. The molecule has 0 fully saturated rings. The van der Waals surface area contributed by atoms with Crippen LogP contribution in [0.2, 0.25) is 5.02 Å². The van der Waals surface area contributed by atoms with Gasteiger partial charge in [-0.15, -0.1) is 0 Å². The zero-order valence-electron chi connectivity index (χ0n) is 14.4. The average molecular weight is 365 g/mol. The molecule has 2 aromatic rings. The molecule has 1 atom stereocenters. The molecule has 0 bridgehead atoms. The molecule has 134 valence electrons. The largest absolute Gasteiger partial charge is 0.451 e. The second-order valence-electron chi connectivity index (χ2n) is 5.82. The number of nitrogens with one attached hydrogen (secondary N) is 2. The van der Waals surface area contributed by atoms with Gasteiger partial charge in [-0.2, -0.15) is 0 Å². The molecule has 0 radical (unpaired) electrons. The predicted molar refractivity (Wildman–Crippen MR) is 94.5 cm³/mol. The van der Waals surface area contributed by atoms with Crippen LogP contribution in [0, 0.1) is 13.8 Å². The third-order valence-corrected chi connectivity index (χ3v) is 4.11. The SMILES string of the molecule is Cc1[nH]c(C(=O)OCC(=O)NCc2ccc(Cl)cc2)c(C)c1[C@H](C)O. The summed E-state index contributed by atoms with van der Waals surface area (Å²) >= 11 is 5.80. The molecule has 3 N–H and O–H groups in total. The van der Waals surface area contributed by atoms with Crippen LogP contribution in [0.3, 0.4) is 0 Å². The molecule has 0 unspecified atom stereocenters. The first-order valence-corrected chi connectivity index (χ1v) is 8.22. The lowest BCUT2D eigenvalue weighted by Gasteiger charge is -2.07. The molecule has 2 rings (SSSR count). The van der Waals surface area contributed by atoms with Crippen molar-refractivity contribution < 1.29 is 19.4 Å². The number of hydrogen-bond acceptors (Lipinski definition) is 4. The molecule has 7 heteroatoms. The van der Waals surface area contributed by atoms with Crippen LogP contribution in [-0.2, 0) is 16.1 Å². The van der Waals surface area contributed by atoms with E-state index in [1.54, 1.807) is 45.0 Å². The number of aromatic amines is 1. The summed E-state index contributed by atoms with van der Waals surface area (Å²) in [6.45, 7) is 5.06. The number of hydrogen-bond donors (Lipinski definition) is 3.